The first-order chi connectivity index (χ1) is 16.3. The van der Waals surface area contributed by atoms with Crippen molar-refractivity contribution in [1.82, 2.24) is 5.43 Å². The van der Waals surface area contributed by atoms with Gasteiger partial charge in [-0.3, -0.25) is 9.10 Å². The number of hydrazone groups is 1. The molecule has 0 fully saturated rings. The summed E-state index contributed by atoms with van der Waals surface area (Å²) in [6.45, 7) is 1.29. The third-order valence-corrected chi connectivity index (χ3v) is 6.60. The highest BCUT2D eigenvalue weighted by Gasteiger charge is 2.27. The van der Waals surface area contributed by atoms with E-state index in [-0.39, 0.29) is 17.2 Å². The van der Waals surface area contributed by atoms with Crippen molar-refractivity contribution in [2.45, 2.75) is 11.8 Å². The molecule has 3 aromatic rings. The fourth-order valence-corrected chi connectivity index (χ4v) is 4.49. The molecule has 0 aromatic heterocycles. The van der Waals surface area contributed by atoms with E-state index >= 15 is 0 Å². The highest BCUT2D eigenvalue weighted by Crippen LogP contribution is 2.26. The number of nitrogens with one attached hydrogen (secondary N) is 1. The number of nitrogens with zero attached hydrogens (tertiary/aromatic N) is 3. The first kappa shape index (κ1) is 24.8. The van der Waals surface area contributed by atoms with Crippen molar-refractivity contribution in [1.29, 1.82) is 5.26 Å². The van der Waals surface area contributed by atoms with E-state index in [9.17, 15) is 13.2 Å². The van der Waals surface area contributed by atoms with Crippen molar-refractivity contribution < 1.29 is 17.9 Å². The standard InChI is InChI=1S/C24H21ClN4O4S/c1-18-5-11-23(12-6-18)34(31,32)29(21-4-2-3-20(25)15-21)17-24(30)28-27-16-19-7-9-22(10-8-19)33-14-13-26/h2-12,15-16H,14,17H2,1H3,(H,28,30)/b27-16+. The highest BCUT2D eigenvalue weighted by atomic mass is 35.5. The van der Waals surface area contributed by atoms with E-state index in [1.807, 2.05) is 13.0 Å². The third kappa shape index (κ3) is 6.57. The van der Waals surface area contributed by atoms with Gasteiger partial charge in [-0.05, 0) is 67.1 Å². The molecule has 0 unspecified atom stereocenters. The number of hydrogen-bond acceptors (Lipinski definition) is 6. The van der Waals surface area contributed by atoms with Crippen LogP contribution in [0.15, 0.2) is 82.8 Å². The topological polar surface area (TPSA) is 112 Å². The van der Waals surface area contributed by atoms with Crippen molar-refractivity contribution in [3.63, 3.8) is 0 Å². The van der Waals surface area contributed by atoms with Gasteiger partial charge in [0.2, 0.25) is 0 Å². The molecule has 0 heterocycles. The monoisotopic (exact) mass is 496 g/mol. The maximum atomic E-state index is 13.3. The fourth-order valence-electron chi connectivity index (χ4n) is 2.89. The van der Waals surface area contributed by atoms with Crippen LogP contribution < -0.4 is 14.5 Å². The number of rotatable bonds is 9. The molecule has 0 aliphatic carbocycles. The number of halogens is 1. The summed E-state index contributed by atoms with van der Waals surface area (Å²) in [7, 11) is -4.05. The summed E-state index contributed by atoms with van der Waals surface area (Å²) in [4.78, 5) is 12.6. The van der Waals surface area contributed by atoms with Gasteiger partial charge in [-0.15, -0.1) is 0 Å². The molecule has 0 bridgehead atoms. The number of hydrogen-bond donors (Lipinski definition) is 1. The van der Waals surface area contributed by atoms with Crippen LogP contribution in [0.1, 0.15) is 11.1 Å². The van der Waals surface area contributed by atoms with Gasteiger partial charge in [-0.1, -0.05) is 35.4 Å². The highest BCUT2D eigenvalue weighted by molar-refractivity contribution is 7.92. The van der Waals surface area contributed by atoms with Crippen LogP contribution in [0, 0.1) is 18.3 Å². The Hall–Kier alpha value is -3.87. The Morgan fingerprint density at radius 1 is 1.15 bits per heavy atom. The fraction of sp³-hybridized carbons (Fsp3) is 0.125. The average Bonchev–Trinajstić information content (AvgIpc) is 2.82. The molecule has 0 saturated carbocycles. The van der Waals surface area contributed by atoms with E-state index in [1.165, 1.54) is 24.4 Å². The molecule has 8 nitrogen and oxygen atoms in total. The minimum atomic E-state index is -4.05. The molecule has 10 heteroatoms. The molecule has 34 heavy (non-hydrogen) atoms. The maximum Gasteiger partial charge on any atom is 0.264 e. The molecule has 1 N–H and O–H groups in total. The second-order valence-corrected chi connectivity index (χ2v) is 9.41. The van der Waals surface area contributed by atoms with Gasteiger partial charge in [-0.2, -0.15) is 10.4 Å². The molecule has 0 radical (unpaired) electrons. The van der Waals surface area contributed by atoms with Crippen molar-refractivity contribution in [3.8, 4) is 11.8 Å². The van der Waals surface area contributed by atoms with Gasteiger partial charge in [-0.25, -0.2) is 13.8 Å². The lowest BCUT2D eigenvalue weighted by Crippen LogP contribution is -2.39. The summed E-state index contributed by atoms with van der Waals surface area (Å²) >= 11 is 6.06. The third-order valence-electron chi connectivity index (χ3n) is 4.58. The zero-order valence-electron chi connectivity index (χ0n) is 18.2. The molecule has 0 atom stereocenters. The Balaban J connectivity index is 1.76. The summed E-state index contributed by atoms with van der Waals surface area (Å²) < 4.78 is 32.8. The lowest BCUT2D eigenvalue weighted by atomic mass is 10.2. The molecular formula is C24H21ClN4O4S. The minimum Gasteiger partial charge on any atom is -0.479 e. The predicted octanol–water partition coefficient (Wildman–Crippen LogP) is 3.90. The van der Waals surface area contributed by atoms with Crippen LogP contribution in [0.2, 0.25) is 5.02 Å². The van der Waals surface area contributed by atoms with Gasteiger partial charge in [0.05, 0.1) is 16.8 Å². The van der Waals surface area contributed by atoms with E-state index < -0.39 is 22.5 Å². The van der Waals surface area contributed by atoms with Gasteiger partial charge in [0.25, 0.3) is 15.9 Å². The second kappa shape index (κ2) is 11.3. The van der Waals surface area contributed by atoms with Crippen LogP contribution in [0.5, 0.6) is 5.75 Å². The molecular weight excluding hydrogens is 476 g/mol. The predicted molar refractivity (Wildman–Crippen MR) is 130 cm³/mol. The number of amides is 1. The minimum absolute atomic E-state index is 0.0492. The number of nitriles is 1. The van der Waals surface area contributed by atoms with Crippen LogP contribution in [0.3, 0.4) is 0 Å². The molecule has 0 spiro atoms. The Labute approximate surface area is 203 Å². The Kier molecular flexibility index (Phi) is 8.24. The van der Waals surface area contributed by atoms with Crippen LogP contribution in [0.4, 0.5) is 5.69 Å². The Bertz CT molecular complexity index is 1320. The summed E-state index contributed by atoms with van der Waals surface area (Å²) in [5.74, 6) is -0.109. The number of aryl methyl sites for hydroxylation is 1. The molecule has 174 valence electrons. The van der Waals surface area contributed by atoms with Gasteiger partial charge in [0, 0.05) is 5.02 Å². The zero-order chi connectivity index (χ0) is 24.6. The van der Waals surface area contributed by atoms with Gasteiger partial charge >= 0.3 is 0 Å². The number of anilines is 1. The molecule has 3 rings (SSSR count). The molecule has 0 aliphatic rings. The summed E-state index contributed by atoms with van der Waals surface area (Å²) in [6, 6.07) is 21.2. The number of benzene rings is 3. The van der Waals surface area contributed by atoms with Crippen molar-refractivity contribution in [3.05, 3.63) is 88.9 Å². The summed E-state index contributed by atoms with van der Waals surface area (Å²) in [6.07, 6.45) is 1.41. The zero-order valence-corrected chi connectivity index (χ0v) is 19.8. The summed E-state index contributed by atoms with van der Waals surface area (Å²) in [5, 5.41) is 12.8. The second-order valence-electron chi connectivity index (χ2n) is 7.11. The van der Waals surface area contributed by atoms with Crippen molar-refractivity contribution in [2.75, 3.05) is 17.5 Å². The lowest BCUT2D eigenvalue weighted by molar-refractivity contribution is -0.119. The van der Waals surface area contributed by atoms with E-state index in [0.29, 0.717) is 16.3 Å². The first-order valence-corrected chi connectivity index (χ1v) is 11.9. The number of carbonyl (C=O) groups is 1. The van der Waals surface area contributed by atoms with Crippen molar-refractivity contribution >= 4 is 39.4 Å². The normalized spacial score (nSPS) is 11.1. The van der Waals surface area contributed by atoms with E-state index in [4.69, 9.17) is 21.6 Å². The van der Waals surface area contributed by atoms with Crippen LogP contribution in [-0.2, 0) is 14.8 Å². The van der Waals surface area contributed by atoms with Gasteiger partial charge in [0.15, 0.2) is 6.61 Å². The quantitative estimate of drug-likeness (QED) is 0.356. The molecule has 1 amide bonds. The summed E-state index contributed by atoms with van der Waals surface area (Å²) in [5.41, 5.74) is 4.17. The van der Waals surface area contributed by atoms with Crippen LogP contribution >= 0.6 is 11.6 Å². The van der Waals surface area contributed by atoms with Crippen LogP contribution in [-0.4, -0.2) is 33.7 Å². The number of sulfonamides is 1. The SMILES string of the molecule is Cc1ccc(S(=O)(=O)N(CC(=O)N/N=C/c2ccc(OCC#N)cc2)c2cccc(Cl)c2)cc1. The van der Waals surface area contributed by atoms with Crippen molar-refractivity contribution in [2.24, 2.45) is 5.10 Å². The Morgan fingerprint density at radius 3 is 2.50 bits per heavy atom. The van der Waals surface area contributed by atoms with Gasteiger partial charge < -0.3 is 4.74 Å². The molecule has 0 aliphatic heterocycles. The Morgan fingerprint density at radius 2 is 1.85 bits per heavy atom. The maximum absolute atomic E-state index is 13.3. The first-order valence-electron chi connectivity index (χ1n) is 10.1. The van der Waals surface area contributed by atoms with E-state index in [0.717, 1.165) is 9.87 Å². The number of carbonyl (C=O) groups excluding carboxylic acids is 1. The van der Waals surface area contributed by atoms with E-state index in [1.54, 1.807) is 54.6 Å². The number of ether oxygens (including phenoxy) is 1. The van der Waals surface area contributed by atoms with Gasteiger partial charge in [0.1, 0.15) is 18.4 Å². The smallest absolute Gasteiger partial charge is 0.264 e. The van der Waals surface area contributed by atoms with Crippen LogP contribution in [0.25, 0.3) is 0 Å². The molecule has 0 saturated heterocycles. The molecule has 3 aromatic carbocycles. The average molecular weight is 497 g/mol. The van der Waals surface area contributed by atoms with E-state index in [2.05, 4.69) is 10.5 Å². The largest absolute Gasteiger partial charge is 0.479 e. The lowest BCUT2D eigenvalue weighted by Gasteiger charge is -2.24.